The average Bonchev–Trinajstić information content (AvgIpc) is 2.83. The quantitative estimate of drug-likeness (QED) is 0.0777. The summed E-state index contributed by atoms with van der Waals surface area (Å²) >= 11 is 4.13. The van der Waals surface area contributed by atoms with E-state index in [1.807, 2.05) is 0 Å². The lowest BCUT2D eigenvalue weighted by Crippen LogP contribution is -2.17. The van der Waals surface area contributed by atoms with Crippen LogP contribution >= 0.6 is 23.5 Å². The third-order valence-corrected chi connectivity index (χ3v) is 9.25. The SMILES string of the molecule is CCCCCCCCCCCCSC(CC)OC(CC)SCCCCCCCCCCCC. The van der Waals surface area contributed by atoms with Crippen LogP contribution in [0.5, 0.6) is 0 Å². The summed E-state index contributed by atoms with van der Waals surface area (Å²) in [6.07, 6.45) is 30.7. The fourth-order valence-corrected chi connectivity index (χ4v) is 6.52. The Kier molecular flexibility index (Phi) is 29.5. The van der Waals surface area contributed by atoms with E-state index in [0.717, 1.165) is 12.8 Å². The molecule has 0 aromatic carbocycles. The Labute approximate surface area is 219 Å². The Balaban J connectivity index is 3.57. The van der Waals surface area contributed by atoms with Gasteiger partial charge in [-0.3, -0.25) is 0 Å². The number of ether oxygens (including phenoxy) is 1. The molecule has 0 aromatic heterocycles. The number of hydrogen-bond donors (Lipinski definition) is 0. The molecule has 0 aliphatic rings. The average molecular weight is 503 g/mol. The molecule has 0 rings (SSSR count). The van der Waals surface area contributed by atoms with Gasteiger partial charge in [-0.1, -0.05) is 143 Å². The highest BCUT2D eigenvalue weighted by atomic mass is 32.2. The Hall–Kier alpha value is 0.660. The Bertz CT molecular complexity index is 318. The number of rotatable bonds is 28. The van der Waals surface area contributed by atoms with Crippen LogP contribution in [0.3, 0.4) is 0 Å². The second kappa shape index (κ2) is 28.9. The third kappa shape index (κ3) is 25.6. The molecule has 3 heteroatoms. The molecule has 33 heavy (non-hydrogen) atoms. The molecule has 0 radical (unpaired) electrons. The van der Waals surface area contributed by atoms with Crippen LogP contribution < -0.4 is 0 Å². The number of unbranched alkanes of at least 4 members (excludes halogenated alkanes) is 18. The lowest BCUT2D eigenvalue weighted by molar-refractivity contribution is 0.0873. The van der Waals surface area contributed by atoms with Crippen molar-refractivity contribution in [3.63, 3.8) is 0 Å². The summed E-state index contributed by atoms with van der Waals surface area (Å²) in [7, 11) is 0. The highest BCUT2D eigenvalue weighted by molar-refractivity contribution is 8.00. The Morgan fingerprint density at radius 2 is 0.667 bits per heavy atom. The maximum absolute atomic E-state index is 6.46. The van der Waals surface area contributed by atoms with Crippen molar-refractivity contribution in [2.24, 2.45) is 0 Å². The van der Waals surface area contributed by atoms with Gasteiger partial charge >= 0.3 is 0 Å². The largest absolute Gasteiger partial charge is 0.354 e. The van der Waals surface area contributed by atoms with E-state index in [1.165, 1.54) is 140 Å². The van der Waals surface area contributed by atoms with Crippen LogP contribution in [0.25, 0.3) is 0 Å². The molecule has 0 saturated carbocycles. The van der Waals surface area contributed by atoms with Crippen molar-refractivity contribution in [2.75, 3.05) is 11.5 Å². The zero-order chi connectivity index (χ0) is 24.2. The minimum atomic E-state index is 0.397. The molecule has 0 amide bonds. The van der Waals surface area contributed by atoms with Gasteiger partial charge in [-0.05, 0) is 37.2 Å². The molecule has 1 nitrogen and oxygen atoms in total. The fourth-order valence-electron chi connectivity index (χ4n) is 4.28. The lowest BCUT2D eigenvalue weighted by atomic mass is 10.1. The van der Waals surface area contributed by atoms with Crippen LogP contribution in [-0.4, -0.2) is 22.4 Å². The molecular formula is C30H62OS2. The van der Waals surface area contributed by atoms with Crippen molar-refractivity contribution in [1.29, 1.82) is 0 Å². The van der Waals surface area contributed by atoms with Crippen LogP contribution in [0.15, 0.2) is 0 Å². The molecule has 0 saturated heterocycles. The molecule has 0 spiro atoms. The van der Waals surface area contributed by atoms with E-state index in [9.17, 15) is 0 Å². The summed E-state index contributed by atoms with van der Waals surface area (Å²) in [4.78, 5) is 0. The van der Waals surface area contributed by atoms with Crippen molar-refractivity contribution >= 4 is 23.5 Å². The van der Waals surface area contributed by atoms with E-state index in [4.69, 9.17) is 4.74 Å². The van der Waals surface area contributed by atoms with E-state index in [0.29, 0.717) is 10.9 Å². The molecule has 2 atom stereocenters. The van der Waals surface area contributed by atoms with Gasteiger partial charge < -0.3 is 4.74 Å². The first-order valence-corrected chi connectivity index (χ1v) is 17.3. The third-order valence-electron chi connectivity index (χ3n) is 6.57. The van der Waals surface area contributed by atoms with Crippen LogP contribution in [0.1, 0.15) is 169 Å². The summed E-state index contributed by atoms with van der Waals surface area (Å²) in [6, 6.07) is 0. The first kappa shape index (κ1) is 33.7. The van der Waals surface area contributed by atoms with Gasteiger partial charge in [0.15, 0.2) is 0 Å². The Morgan fingerprint density at radius 1 is 0.394 bits per heavy atom. The summed E-state index contributed by atoms with van der Waals surface area (Å²) in [5.41, 5.74) is 0.794. The first-order chi connectivity index (χ1) is 16.3. The minimum absolute atomic E-state index is 0.397. The van der Waals surface area contributed by atoms with Crippen LogP contribution in [0, 0.1) is 0 Å². The molecule has 0 heterocycles. The van der Waals surface area contributed by atoms with Crippen molar-refractivity contribution in [3.8, 4) is 0 Å². The summed E-state index contributed by atoms with van der Waals surface area (Å²) < 4.78 is 6.46. The molecular weight excluding hydrogens is 440 g/mol. The van der Waals surface area contributed by atoms with Gasteiger partial charge in [0.1, 0.15) is 10.9 Å². The van der Waals surface area contributed by atoms with Gasteiger partial charge in [-0.25, -0.2) is 0 Å². The smallest absolute Gasteiger partial charge is 0.104 e. The van der Waals surface area contributed by atoms with E-state index in [1.54, 1.807) is 0 Å². The van der Waals surface area contributed by atoms with Gasteiger partial charge in [0.05, 0.1) is 0 Å². The van der Waals surface area contributed by atoms with Crippen LogP contribution in [0.4, 0.5) is 0 Å². The summed E-state index contributed by atoms with van der Waals surface area (Å²) in [5, 5.41) is 0. The Morgan fingerprint density at radius 3 is 0.939 bits per heavy atom. The van der Waals surface area contributed by atoms with Crippen LogP contribution in [0.2, 0.25) is 0 Å². The first-order valence-electron chi connectivity index (χ1n) is 15.2. The standard InChI is InChI=1S/C30H62OS2/c1-5-9-11-13-15-17-19-21-23-25-27-32-29(7-3)31-30(8-4)33-28-26-24-22-20-18-16-14-12-10-6-2/h29-30H,5-28H2,1-4H3. The lowest BCUT2D eigenvalue weighted by Gasteiger charge is -2.22. The highest BCUT2D eigenvalue weighted by Crippen LogP contribution is 2.26. The molecule has 0 N–H and O–H groups in total. The number of hydrogen-bond acceptors (Lipinski definition) is 3. The van der Waals surface area contributed by atoms with Crippen molar-refractivity contribution < 1.29 is 4.74 Å². The monoisotopic (exact) mass is 502 g/mol. The van der Waals surface area contributed by atoms with Gasteiger partial charge in [0.25, 0.3) is 0 Å². The van der Waals surface area contributed by atoms with Crippen molar-refractivity contribution in [1.82, 2.24) is 0 Å². The van der Waals surface area contributed by atoms with E-state index < -0.39 is 0 Å². The normalized spacial score (nSPS) is 13.5. The van der Waals surface area contributed by atoms with Gasteiger partial charge in [0, 0.05) is 0 Å². The van der Waals surface area contributed by atoms with Crippen molar-refractivity contribution in [3.05, 3.63) is 0 Å². The molecule has 0 aliphatic carbocycles. The zero-order valence-corrected chi connectivity index (χ0v) is 25.0. The minimum Gasteiger partial charge on any atom is -0.354 e. The summed E-state index contributed by atoms with van der Waals surface area (Å²) in [5.74, 6) is 2.54. The molecule has 0 bridgehead atoms. The maximum Gasteiger partial charge on any atom is 0.104 e. The van der Waals surface area contributed by atoms with E-state index in [2.05, 4.69) is 51.2 Å². The predicted octanol–water partition coefficient (Wildman–Crippen LogP) is 11.8. The molecule has 200 valence electrons. The van der Waals surface area contributed by atoms with Gasteiger partial charge in [0.2, 0.25) is 0 Å². The second-order valence-electron chi connectivity index (χ2n) is 9.92. The van der Waals surface area contributed by atoms with Gasteiger partial charge in [-0.2, -0.15) is 0 Å². The molecule has 0 fully saturated rings. The summed E-state index contributed by atoms with van der Waals surface area (Å²) in [6.45, 7) is 9.17. The van der Waals surface area contributed by atoms with E-state index in [-0.39, 0.29) is 0 Å². The predicted molar refractivity (Wildman–Crippen MR) is 158 cm³/mol. The molecule has 0 aliphatic heterocycles. The molecule has 2 unspecified atom stereocenters. The fraction of sp³-hybridized carbons (Fsp3) is 1.00. The molecule has 0 aromatic rings. The van der Waals surface area contributed by atoms with Crippen LogP contribution in [-0.2, 0) is 4.74 Å². The highest BCUT2D eigenvalue weighted by Gasteiger charge is 2.14. The van der Waals surface area contributed by atoms with Gasteiger partial charge in [-0.15, -0.1) is 23.5 Å². The topological polar surface area (TPSA) is 9.23 Å². The maximum atomic E-state index is 6.46. The zero-order valence-electron chi connectivity index (χ0n) is 23.4. The van der Waals surface area contributed by atoms with Crippen molar-refractivity contribution in [2.45, 2.75) is 180 Å². The second-order valence-corrected chi connectivity index (χ2v) is 12.5. The number of thioether (sulfide) groups is 2. The van der Waals surface area contributed by atoms with E-state index >= 15 is 0 Å².